The molecule has 9 nitrogen and oxygen atoms in total. The molecule has 0 spiro atoms. The van der Waals surface area contributed by atoms with Crippen molar-refractivity contribution in [2.45, 2.75) is 53.1 Å². The molecule has 1 heterocycles. The number of anilines is 3. The Labute approximate surface area is 178 Å². The molecule has 0 saturated carbocycles. The van der Waals surface area contributed by atoms with Gasteiger partial charge in [-0.05, 0) is 51.3 Å². The lowest BCUT2D eigenvalue weighted by Crippen LogP contribution is -2.30. The van der Waals surface area contributed by atoms with Gasteiger partial charge in [-0.25, -0.2) is 0 Å². The second-order valence-electron chi connectivity index (χ2n) is 7.83. The third-order valence-corrected chi connectivity index (χ3v) is 4.02. The minimum Gasteiger partial charge on any atom is -0.460 e. The fraction of sp³-hybridized carbons (Fsp3) is 0.524. The standard InChI is InChI=1S/C21H33N7O2/c1-6-10-28(11-7-2)19-24-18(25-20(26-19)30-14-21(4,5)29)13-23-27-17-12-15(3)8-9-16(17)22/h8-9,12-13,27,29H,6-7,10-11,14,22H2,1-5H3/b23-13+. The summed E-state index contributed by atoms with van der Waals surface area (Å²) in [5.74, 6) is 0.873. The normalized spacial score (nSPS) is 11.7. The van der Waals surface area contributed by atoms with Crippen LogP contribution in [0.5, 0.6) is 6.01 Å². The topological polar surface area (TPSA) is 122 Å². The van der Waals surface area contributed by atoms with Crippen LogP contribution in [0.15, 0.2) is 23.3 Å². The van der Waals surface area contributed by atoms with Gasteiger partial charge in [0, 0.05) is 13.1 Å². The highest BCUT2D eigenvalue weighted by atomic mass is 16.5. The maximum Gasteiger partial charge on any atom is 0.321 e. The molecule has 0 saturated heterocycles. The van der Waals surface area contributed by atoms with E-state index in [4.69, 9.17) is 10.5 Å². The van der Waals surface area contributed by atoms with Crippen molar-refractivity contribution in [2.24, 2.45) is 5.10 Å². The molecule has 0 atom stereocenters. The van der Waals surface area contributed by atoms with Crippen LogP contribution in [-0.4, -0.2) is 51.6 Å². The van der Waals surface area contributed by atoms with E-state index in [1.54, 1.807) is 13.8 Å². The molecule has 0 amide bonds. The largest absolute Gasteiger partial charge is 0.460 e. The van der Waals surface area contributed by atoms with E-state index in [1.807, 2.05) is 25.1 Å². The SMILES string of the molecule is CCCN(CCC)c1nc(/C=N/Nc2cc(C)ccc2N)nc(OCC(C)(C)O)n1. The zero-order valence-corrected chi connectivity index (χ0v) is 18.5. The van der Waals surface area contributed by atoms with Gasteiger partial charge < -0.3 is 20.5 Å². The maximum absolute atomic E-state index is 9.96. The van der Waals surface area contributed by atoms with Gasteiger partial charge in [-0.3, -0.25) is 5.43 Å². The lowest BCUT2D eigenvalue weighted by molar-refractivity contribution is 0.0249. The second-order valence-corrected chi connectivity index (χ2v) is 7.83. The number of nitrogens with zero attached hydrogens (tertiary/aromatic N) is 5. The molecule has 1 aromatic heterocycles. The smallest absolute Gasteiger partial charge is 0.321 e. The van der Waals surface area contributed by atoms with Crippen LogP contribution in [0.25, 0.3) is 0 Å². The van der Waals surface area contributed by atoms with E-state index in [2.05, 4.69) is 44.2 Å². The van der Waals surface area contributed by atoms with Crippen molar-refractivity contribution in [3.8, 4) is 6.01 Å². The molecule has 0 aliphatic heterocycles. The van der Waals surface area contributed by atoms with Crippen molar-refractivity contribution < 1.29 is 9.84 Å². The van der Waals surface area contributed by atoms with Crippen molar-refractivity contribution in [2.75, 3.05) is 35.8 Å². The van der Waals surface area contributed by atoms with Gasteiger partial charge in [-0.15, -0.1) is 0 Å². The maximum atomic E-state index is 9.96. The van der Waals surface area contributed by atoms with Gasteiger partial charge in [0.25, 0.3) is 0 Å². The Kier molecular flexibility index (Phi) is 8.35. The third kappa shape index (κ3) is 7.47. The minimum absolute atomic E-state index is 0.0622. The van der Waals surface area contributed by atoms with Crippen molar-refractivity contribution >= 4 is 23.5 Å². The first-order valence-electron chi connectivity index (χ1n) is 10.2. The Morgan fingerprint density at radius 2 is 1.90 bits per heavy atom. The number of nitrogen functional groups attached to an aromatic ring is 1. The number of nitrogens with two attached hydrogens (primary N) is 1. The van der Waals surface area contributed by atoms with Crippen molar-refractivity contribution in [3.05, 3.63) is 29.6 Å². The number of hydrazone groups is 1. The molecule has 0 bridgehead atoms. The van der Waals surface area contributed by atoms with Crippen LogP contribution < -0.4 is 20.8 Å². The Morgan fingerprint density at radius 1 is 1.20 bits per heavy atom. The lowest BCUT2D eigenvalue weighted by atomic mass is 10.2. The third-order valence-electron chi connectivity index (χ3n) is 4.02. The van der Waals surface area contributed by atoms with Gasteiger partial charge >= 0.3 is 6.01 Å². The van der Waals surface area contributed by atoms with E-state index in [9.17, 15) is 5.11 Å². The van der Waals surface area contributed by atoms with Gasteiger partial charge in [0.1, 0.15) is 6.61 Å². The Balaban J connectivity index is 2.28. The average molecular weight is 416 g/mol. The Bertz CT molecular complexity index is 844. The van der Waals surface area contributed by atoms with Gasteiger partial charge in [-0.1, -0.05) is 19.9 Å². The summed E-state index contributed by atoms with van der Waals surface area (Å²) in [6.45, 7) is 11.2. The molecule has 2 aromatic rings. The van der Waals surface area contributed by atoms with Crippen LogP contribution in [-0.2, 0) is 0 Å². The van der Waals surface area contributed by atoms with Crippen LogP contribution in [0.2, 0.25) is 0 Å². The van der Waals surface area contributed by atoms with Crippen LogP contribution in [0, 0.1) is 6.92 Å². The zero-order valence-electron chi connectivity index (χ0n) is 18.5. The molecule has 2 rings (SSSR count). The number of aryl methyl sites for hydroxylation is 1. The van der Waals surface area contributed by atoms with Crippen LogP contribution in [0.1, 0.15) is 51.9 Å². The van der Waals surface area contributed by atoms with E-state index < -0.39 is 5.60 Å². The van der Waals surface area contributed by atoms with E-state index in [0.717, 1.165) is 31.5 Å². The quantitative estimate of drug-likeness (QED) is 0.291. The molecular weight excluding hydrogens is 382 g/mol. The lowest BCUT2D eigenvalue weighted by Gasteiger charge is -2.22. The van der Waals surface area contributed by atoms with Gasteiger partial charge in [0.05, 0.1) is 23.2 Å². The number of hydrogen-bond acceptors (Lipinski definition) is 9. The van der Waals surface area contributed by atoms with Crippen LogP contribution >= 0.6 is 0 Å². The number of nitrogens with one attached hydrogen (secondary N) is 1. The predicted molar refractivity (Wildman–Crippen MR) is 121 cm³/mol. The number of ether oxygens (including phenoxy) is 1. The number of hydrogen-bond donors (Lipinski definition) is 3. The average Bonchev–Trinajstić information content (AvgIpc) is 2.68. The summed E-state index contributed by atoms with van der Waals surface area (Å²) in [6.07, 6.45) is 3.42. The fourth-order valence-corrected chi connectivity index (χ4v) is 2.64. The molecule has 30 heavy (non-hydrogen) atoms. The first kappa shape index (κ1) is 23.3. The molecular formula is C21H33N7O2. The van der Waals surface area contributed by atoms with Gasteiger partial charge in [0.2, 0.25) is 5.95 Å². The minimum atomic E-state index is -1.00. The summed E-state index contributed by atoms with van der Waals surface area (Å²) < 4.78 is 5.62. The predicted octanol–water partition coefficient (Wildman–Crippen LogP) is 2.98. The highest BCUT2D eigenvalue weighted by Gasteiger charge is 2.17. The Morgan fingerprint density at radius 3 is 2.53 bits per heavy atom. The highest BCUT2D eigenvalue weighted by molar-refractivity contribution is 5.77. The molecule has 9 heteroatoms. The summed E-state index contributed by atoms with van der Waals surface area (Å²) >= 11 is 0. The zero-order chi connectivity index (χ0) is 22.1. The highest BCUT2D eigenvalue weighted by Crippen LogP contribution is 2.19. The van der Waals surface area contributed by atoms with Crippen molar-refractivity contribution in [1.82, 2.24) is 15.0 Å². The molecule has 0 radical (unpaired) electrons. The summed E-state index contributed by atoms with van der Waals surface area (Å²) in [7, 11) is 0. The summed E-state index contributed by atoms with van der Waals surface area (Å²) in [5, 5.41) is 14.2. The Hall–Kier alpha value is -2.94. The first-order valence-corrected chi connectivity index (χ1v) is 10.2. The second kappa shape index (κ2) is 10.7. The molecule has 0 unspecified atom stereocenters. The molecule has 1 aromatic carbocycles. The van der Waals surface area contributed by atoms with Gasteiger partial charge in [0.15, 0.2) is 5.82 Å². The summed E-state index contributed by atoms with van der Waals surface area (Å²) in [6, 6.07) is 5.82. The molecule has 0 aliphatic rings. The molecule has 0 fully saturated rings. The van der Waals surface area contributed by atoms with E-state index in [1.165, 1.54) is 6.21 Å². The van der Waals surface area contributed by atoms with Crippen molar-refractivity contribution in [1.29, 1.82) is 0 Å². The van der Waals surface area contributed by atoms with E-state index in [0.29, 0.717) is 23.1 Å². The number of aromatic nitrogens is 3. The molecule has 164 valence electrons. The van der Waals surface area contributed by atoms with Crippen LogP contribution in [0.3, 0.4) is 0 Å². The van der Waals surface area contributed by atoms with Crippen LogP contribution in [0.4, 0.5) is 17.3 Å². The number of rotatable bonds is 11. The summed E-state index contributed by atoms with van der Waals surface area (Å²) in [5.41, 5.74) is 10.3. The fourth-order valence-electron chi connectivity index (χ4n) is 2.64. The molecule has 0 aliphatic carbocycles. The van der Waals surface area contributed by atoms with Crippen molar-refractivity contribution in [3.63, 3.8) is 0 Å². The van der Waals surface area contributed by atoms with E-state index >= 15 is 0 Å². The monoisotopic (exact) mass is 415 g/mol. The molecule has 4 N–H and O–H groups in total. The summed E-state index contributed by atoms with van der Waals surface area (Å²) in [4.78, 5) is 15.4. The number of benzene rings is 1. The van der Waals surface area contributed by atoms with Gasteiger partial charge in [-0.2, -0.15) is 20.1 Å². The first-order chi connectivity index (χ1) is 14.2. The number of aliphatic hydroxyl groups is 1. The van der Waals surface area contributed by atoms with E-state index in [-0.39, 0.29) is 12.6 Å².